The van der Waals surface area contributed by atoms with Gasteiger partial charge in [-0.25, -0.2) is 9.67 Å². The maximum Gasteiger partial charge on any atom is 0.186 e. The van der Waals surface area contributed by atoms with E-state index in [0.717, 1.165) is 30.5 Å². The summed E-state index contributed by atoms with van der Waals surface area (Å²) in [7, 11) is 0. The number of aromatic nitrogens is 3. The average molecular weight is 255 g/mol. The van der Waals surface area contributed by atoms with Crippen LogP contribution < -0.4 is 0 Å². The van der Waals surface area contributed by atoms with Crippen LogP contribution in [0.5, 0.6) is 0 Å². The van der Waals surface area contributed by atoms with Crippen molar-refractivity contribution >= 4 is 11.8 Å². The molecular weight excluding hydrogens is 234 g/mol. The van der Waals surface area contributed by atoms with E-state index in [1.54, 1.807) is 18.1 Å². The predicted octanol–water partition coefficient (Wildman–Crippen LogP) is 2.74. The summed E-state index contributed by atoms with van der Waals surface area (Å²) in [5.74, 6) is 1.00. The fraction of sp³-hybridized carbons (Fsp3) is 0.833. The molecule has 96 valence electrons. The zero-order chi connectivity index (χ0) is 11.9. The van der Waals surface area contributed by atoms with Crippen LogP contribution in [0.2, 0.25) is 0 Å². The van der Waals surface area contributed by atoms with Crippen LogP contribution in [0.15, 0.2) is 11.5 Å². The van der Waals surface area contributed by atoms with E-state index in [1.807, 2.05) is 4.68 Å². The van der Waals surface area contributed by atoms with Crippen molar-refractivity contribution in [3.63, 3.8) is 0 Å². The SMILES string of the molecule is CCCCn1ncnc1SCC1CCCCO1. The Hall–Kier alpha value is -0.550. The van der Waals surface area contributed by atoms with Crippen molar-refractivity contribution in [3.8, 4) is 0 Å². The van der Waals surface area contributed by atoms with Gasteiger partial charge in [0.1, 0.15) is 6.33 Å². The first-order chi connectivity index (χ1) is 8.40. The highest BCUT2D eigenvalue weighted by molar-refractivity contribution is 7.99. The fourth-order valence-corrected chi connectivity index (χ4v) is 2.94. The molecule has 0 N–H and O–H groups in total. The zero-order valence-electron chi connectivity index (χ0n) is 10.5. The molecule has 1 atom stereocenters. The maximum absolute atomic E-state index is 5.72. The molecule has 0 bridgehead atoms. The van der Waals surface area contributed by atoms with Crippen molar-refractivity contribution in [3.05, 3.63) is 6.33 Å². The van der Waals surface area contributed by atoms with Crippen LogP contribution in [0.3, 0.4) is 0 Å². The molecule has 1 aliphatic rings. The Bertz CT molecular complexity index is 323. The van der Waals surface area contributed by atoms with E-state index in [2.05, 4.69) is 17.0 Å². The summed E-state index contributed by atoms with van der Waals surface area (Å²) < 4.78 is 7.73. The number of hydrogen-bond donors (Lipinski definition) is 0. The van der Waals surface area contributed by atoms with Crippen LogP contribution in [0.1, 0.15) is 39.0 Å². The summed E-state index contributed by atoms with van der Waals surface area (Å²) >= 11 is 1.78. The van der Waals surface area contributed by atoms with Gasteiger partial charge in [0, 0.05) is 18.9 Å². The first kappa shape index (κ1) is 12.9. The number of thioether (sulfide) groups is 1. The van der Waals surface area contributed by atoms with Gasteiger partial charge in [0.2, 0.25) is 0 Å². The summed E-state index contributed by atoms with van der Waals surface area (Å²) in [6, 6.07) is 0. The molecule has 17 heavy (non-hydrogen) atoms. The molecule has 1 aliphatic heterocycles. The van der Waals surface area contributed by atoms with E-state index >= 15 is 0 Å². The quantitative estimate of drug-likeness (QED) is 0.733. The van der Waals surface area contributed by atoms with E-state index in [1.165, 1.54) is 25.7 Å². The highest BCUT2D eigenvalue weighted by Gasteiger charge is 2.15. The van der Waals surface area contributed by atoms with Gasteiger partial charge in [0.05, 0.1) is 6.10 Å². The number of hydrogen-bond acceptors (Lipinski definition) is 4. The lowest BCUT2D eigenvalue weighted by molar-refractivity contribution is 0.0315. The van der Waals surface area contributed by atoms with Crippen LogP contribution in [-0.2, 0) is 11.3 Å². The highest BCUT2D eigenvalue weighted by atomic mass is 32.2. The van der Waals surface area contributed by atoms with E-state index in [4.69, 9.17) is 4.74 Å². The molecule has 0 aliphatic carbocycles. The summed E-state index contributed by atoms with van der Waals surface area (Å²) in [6.07, 6.45) is 8.12. The molecule has 0 saturated carbocycles. The first-order valence-electron chi connectivity index (χ1n) is 6.52. The van der Waals surface area contributed by atoms with E-state index in [-0.39, 0.29) is 0 Å². The Morgan fingerprint density at radius 1 is 1.53 bits per heavy atom. The smallest absolute Gasteiger partial charge is 0.186 e. The van der Waals surface area contributed by atoms with Crippen molar-refractivity contribution < 1.29 is 4.74 Å². The van der Waals surface area contributed by atoms with Gasteiger partial charge in [-0.2, -0.15) is 5.10 Å². The van der Waals surface area contributed by atoms with Crippen LogP contribution in [0, 0.1) is 0 Å². The lowest BCUT2D eigenvalue weighted by Crippen LogP contribution is -2.21. The molecule has 0 spiro atoms. The predicted molar refractivity (Wildman–Crippen MR) is 69.2 cm³/mol. The van der Waals surface area contributed by atoms with Crippen LogP contribution in [0.4, 0.5) is 0 Å². The minimum absolute atomic E-state index is 0.407. The number of ether oxygens (including phenoxy) is 1. The third kappa shape index (κ3) is 4.00. The van der Waals surface area contributed by atoms with Gasteiger partial charge in [0.15, 0.2) is 5.16 Å². The molecule has 4 nitrogen and oxygen atoms in total. The zero-order valence-corrected chi connectivity index (χ0v) is 11.3. The molecule has 1 aromatic rings. The number of aryl methyl sites for hydroxylation is 1. The highest BCUT2D eigenvalue weighted by Crippen LogP contribution is 2.22. The minimum Gasteiger partial charge on any atom is -0.377 e. The molecule has 1 unspecified atom stereocenters. The van der Waals surface area contributed by atoms with E-state index in [9.17, 15) is 0 Å². The maximum atomic E-state index is 5.72. The lowest BCUT2D eigenvalue weighted by atomic mass is 10.1. The molecule has 1 aromatic heterocycles. The fourth-order valence-electron chi connectivity index (χ4n) is 1.93. The van der Waals surface area contributed by atoms with Gasteiger partial charge in [-0.3, -0.25) is 0 Å². The molecular formula is C12H21N3OS. The molecule has 0 radical (unpaired) electrons. The second-order valence-corrected chi connectivity index (χ2v) is 5.41. The Balaban J connectivity index is 1.79. The molecule has 1 saturated heterocycles. The largest absolute Gasteiger partial charge is 0.377 e. The molecule has 5 heteroatoms. The van der Waals surface area contributed by atoms with Gasteiger partial charge in [0.25, 0.3) is 0 Å². The monoisotopic (exact) mass is 255 g/mol. The summed E-state index contributed by atoms with van der Waals surface area (Å²) in [5.41, 5.74) is 0. The van der Waals surface area contributed by atoms with Crippen LogP contribution >= 0.6 is 11.8 Å². The number of nitrogens with zero attached hydrogens (tertiary/aromatic N) is 3. The summed E-state index contributed by atoms with van der Waals surface area (Å²) in [5, 5.41) is 5.30. The van der Waals surface area contributed by atoms with Crippen molar-refractivity contribution in [2.75, 3.05) is 12.4 Å². The van der Waals surface area contributed by atoms with Gasteiger partial charge in [-0.1, -0.05) is 25.1 Å². The van der Waals surface area contributed by atoms with Crippen molar-refractivity contribution in [2.45, 2.75) is 56.8 Å². The lowest BCUT2D eigenvalue weighted by Gasteiger charge is -2.21. The number of unbranched alkanes of at least 4 members (excludes halogenated alkanes) is 1. The summed E-state index contributed by atoms with van der Waals surface area (Å²) in [4.78, 5) is 4.31. The third-order valence-corrected chi connectivity index (χ3v) is 4.09. The Morgan fingerprint density at radius 3 is 3.24 bits per heavy atom. The third-order valence-electron chi connectivity index (χ3n) is 2.98. The van der Waals surface area contributed by atoms with Gasteiger partial charge in [-0.05, 0) is 25.7 Å². The van der Waals surface area contributed by atoms with Gasteiger partial charge in [-0.15, -0.1) is 0 Å². The van der Waals surface area contributed by atoms with Crippen LogP contribution in [0.25, 0.3) is 0 Å². The normalized spacial score (nSPS) is 20.6. The minimum atomic E-state index is 0.407. The molecule has 0 amide bonds. The number of rotatable bonds is 6. The van der Waals surface area contributed by atoms with Crippen LogP contribution in [-0.4, -0.2) is 33.2 Å². The van der Waals surface area contributed by atoms with E-state index in [0.29, 0.717) is 6.10 Å². The first-order valence-corrected chi connectivity index (χ1v) is 7.51. The van der Waals surface area contributed by atoms with E-state index < -0.39 is 0 Å². The Labute approximate surface area is 107 Å². The standard InChI is InChI=1S/C12H21N3OS/c1-2-3-7-15-12(13-10-14-15)17-9-11-6-4-5-8-16-11/h10-11H,2-9H2,1H3. The Morgan fingerprint density at radius 2 is 2.47 bits per heavy atom. The summed E-state index contributed by atoms with van der Waals surface area (Å²) in [6.45, 7) is 4.09. The van der Waals surface area contributed by atoms with Crippen molar-refractivity contribution in [1.29, 1.82) is 0 Å². The Kier molecular flexibility index (Phi) is 5.32. The van der Waals surface area contributed by atoms with Crippen molar-refractivity contribution in [1.82, 2.24) is 14.8 Å². The average Bonchev–Trinajstić information content (AvgIpc) is 2.82. The molecule has 1 fully saturated rings. The molecule has 0 aromatic carbocycles. The molecule has 2 rings (SSSR count). The van der Waals surface area contributed by atoms with Gasteiger partial charge >= 0.3 is 0 Å². The second-order valence-electron chi connectivity index (χ2n) is 4.42. The molecule has 2 heterocycles. The topological polar surface area (TPSA) is 39.9 Å². The second kappa shape index (κ2) is 7.01. The van der Waals surface area contributed by atoms with Gasteiger partial charge < -0.3 is 4.74 Å². The van der Waals surface area contributed by atoms with Crippen molar-refractivity contribution in [2.24, 2.45) is 0 Å².